The molecule has 1 aromatic carbocycles. The molecule has 1 aliphatic rings. The first-order valence-electron chi connectivity index (χ1n) is 6.67. The summed E-state index contributed by atoms with van der Waals surface area (Å²) in [6.45, 7) is 3.61. The molecule has 1 saturated heterocycles. The highest BCUT2D eigenvalue weighted by Gasteiger charge is 2.20. The predicted molar refractivity (Wildman–Crippen MR) is 73.6 cm³/mol. The zero-order chi connectivity index (χ0) is 13.2. The van der Waals surface area contributed by atoms with Gasteiger partial charge in [0, 0.05) is 19.4 Å². The maximum Gasteiger partial charge on any atom is 0.146 e. The molecule has 0 radical (unpaired) electrons. The summed E-state index contributed by atoms with van der Waals surface area (Å²) >= 11 is 0. The number of hydrogen-bond donors (Lipinski definition) is 0. The average Bonchev–Trinajstić information content (AvgIpc) is 2.47. The fourth-order valence-corrected chi connectivity index (χ4v) is 2.69. The second-order valence-corrected chi connectivity index (χ2v) is 4.95. The number of rotatable bonds is 2. The number of hydrogen-bond acceptors (Lipinski definition) is 4. The zero-order valence-corrected chi connectivity index (χ0v) is 11.3. The van der Waals surface area contributed by atoms with Gasteiger partial charge in [-0.2, -0.15) is 0 Å². The van der Waals surface area contributed by atoms with Crippen LogP contribution < -0.4 is 4.74 Å². The topological polar surface area (TPSA) is 44.2 Å². The number of aryl methyl sites for hydroxylation is 1. The van der Waals surface area contributed by atoms with Gasteiger partial charge in [-0.15, -0.1) is 0 Å². The Labute approximate surface area is 112 Å². The largest absolute Gasteiger partial charge is 0.494 e. The summed E-state index contributed by atoms with van der Waals surface area (Å²) < 4.78 is 10.8. The van der Waals surface area contributed by atoms with Crippen molar-refractivity contribution < 1.29 is 9.47 Å². The first-order chi connectivity index (χ1) is 9.29. The van der Waals surface area contributed by atoms with Gasteiger partial charge in [-0.3, -0.25) is 4.98 Å². The third kappa shape index (κ3) is 2.28. The van der Waals surface area contributed by atoms with Gasteiger partial charge < -0.3 is 9.47 Å². The van der Waals surface area contributed by atoms with E-state index in [0.29, 0.717) is 5.92 Å². The number of ether oxygens (including phenoxy) is 2. The van der Waals surface area contributed by atoms with Crippen LogP contribution in [-0.2, 0) is 4.74 Å². The highest BCUT2D eigenvalue weighted by atomic mass is 16.5. The van der Waals surface area contributed by atoms with Crippen molar-refractivity contribution in [3.63, 3.8) is 0 Å². The highest BCUT2D eigenvalue weighted by Crippen LogP contribution is 2.34. The third-order valence-corrected chi connectivity index (χ3v) is 3.70. The van der Waals surface area contributed by atoms with E-state index in [2.05, 4.69) is 16.0 Å². The van der Waals surface area contributed by atoms with Crippen LogP contribution in [0.15, 0.2) is 18.3 Å². The fourth-order valence-electron chi connectivity index (χ4n) is 2.69. The Balaban J connectivity index is 2.14. The van der Waals surface area contributed by atoms with E-state index < -0.39 is 0 Å². The quantitative estimate of drug-likeness (QED) is 0.831. The van der Waals surface area contributed by atoms with Crippen molar-refractivity contribution in [2.45, 2.75) is 25.7 Å². The van der Waals surface area contributed by atoms with Crippen LogP contribution in [0.4, 0.5) is 0 Å². The molecule has 19 heavy (non-hydrogen) atoms. The van der Waals surface area contributed by atoms with Gasteiger partial charge in [-0.1, -0.05) is 6.07 Å². The van der Waals surface area contributed by atoms with Crippen LogP contribution in [0.25, 0.3) is 11.0 Å². The molecular weight excluding hydrogens is 240 g/mol. The Hall–Kier alpha value is -1.68. The molecule has 0 amide bonds. The summed E-state index contributed by atoms with van der Waals surface area (Å²) in [7, 11) is 1.67. The molecule has 4 heteroatoms. The second-order valence-electron chi connectivity index (χ2n) is 4.95. The molecule has 100 valence electrons. The van der Waals surface area contributed by atoms with Crippen LogP contribution in [0.2, 0.25) is 0 Å². The highest BCUT2D eigenvalue weighted by molar-refractivity contribution is 5.84. The lowest BCUT2D eigenvalue weighted by molar-refractivity contribution is 0.0855. The molecule has 0 unspecified atom stereocenters. The molecule has 1 aromatic heterocycles. The fraction of sp³-hybridized carbons (Fsp3) is 0.467. The van der Waals surface area contributed by atoms with E-state index in [0.717, 1.165) is 48.5 Å². The molecule has 0 bridgehead atoms. The Bertz CT molecular complexity index is 592. The van der Waals surface area contributed by atoms with Crippen LogP contribution in [0.5, 0.6) is 5.75 Å². The molecule has 3 rings (SSSR count). The van der Waals surface area contributed by atoms with E-state index in [1.807, 2.05) is 19.2 Å². The Morgan fingerprint density at radius 3 is 2.74 bits per heavy atom. The van der Waals surface area contributed by atoms with Crippen LogP contribution in [0.3, 0.4) is 0 Å². The molecule has 2 aromatic rings. The van der Waals surface area contributed by atoms with Gasteiger partial charge in [0.2, 0.25) is 0 Å². The first kappa shape index (κ1) is 12.4. The van der Waals surface area contributed by atoms with Crippen molar-refractivity contribution in [1.82, 2.24) is 9.97 Å². The van der Waals surface area contributed by atoms with E-state index in [1.165, 1.54) is 5.56 Å². The molecule has 0 N–H and O–H groups in total. The summed E-state index contributed by atoms with van der Waals surface area (Å²) in [5, 5.41) is 0. The molecule has 4 nitrogen and oxygen atoms in total. The maximum atomic E-state index is 5.44. The van der Waals surface area contributed by atoms with E-state index in [9.17, 15) is 0 Å². The van der Waals surface area contributed by atoms with Crippen molar-refractivity contribution in [1.29, 1.82) is 0 Å². The van der Waals surface area contributed by atoms with Crippen molar-refractivity contribution in [2.75, 3.05) is 20.3 Å². The second kappa shape index (κ2) is 5.13. The molecule has 0 atom stereocenters. The summed E-state index contributed by atoms with van der Waals surface area (Å²) in [5.41, 5.74) is 4.02. The Kier molecular flexibility index (Phi) is 3.34. The van der Waals surface area contributed by atoms with Gasteiger partial charge in [-0.05, 0) is 37.3 Å². The smallest absolute Gasteiger partial charge is 0.146 e. The van der Waals surface area contributed by atoms with Crippen molar-refractivity contribution >= 4 is 11.0 Å². The van der Waals surface area contributed by atoms with Gasteiger partial charge in [-0.25, -0.2) is 4.98 Å². The molecule has 0 saturated carbocycles. The molecular formula is C15H18N2O2. The van der Waals surface area contributed by atoms with Gasteiger partial charge in [0.1, 0.15) is 11.3 Å². The lowest BCUT2D eigenvalue weighted by atomic mass is 9.90. The van der Waals surface area contributed by atoms with Gasteiger partial charge in [0.15, 0.2) is 0 Å². The molecule has 2 heterocycles. The monoisotopic (exact) mass is 258 g/mol. The lowest BCUT2D eigenvalue weighted by Crippen LogP contribution is -2.14. The van der Waals surface area contributed by atoms with Gasteiger partial charge >= 0.3 is 0 Å². The number of methoxy groups -OCH3 is 1. The van der Waals surface area contributed by atoms with E-state index in [-0.39, 0.29) is 0 Å². The van der Waals surface area contributed by atoms with Crippen molar-refractivity contribution in [3.8, 4) is 5.75 Å². The zero-order valence-electron chi connectivity index (χ0n) is 11.3. The normalized spacial score (nSPS) is 16.7. The standard InChI is InChI=1S/C15H18N2O2/c1-10-9-16-14-12(11-5-7-19-8-6-11)3-4-13(18-2)15(14)17-10/h3-4,9,11H,5-8H2,1-2H3. The third-order valence-electron chi connectivity index (χ3n) is 3.70. The van der Waals surface area contributed by atoms with Gasteiger partial charge in [0.25, 0.3) is 0 Å². The molecule has 1 aliphatic heterocycles. The van der Waals surface area contributed by atoms with Crippen LogP contribution in [0, 0.1) is 6.92 Å². The molecule has 0 spiro atoms. The number of nitrogens with zero attached hydrogens (tertiary/aromatic N) is 2. The van der Waals surface area contributed by atoms with Gasteiger partial charge in [0.05, 0.1) is 18.3 Å². The van der Waals surface area contributed by atoms with Crippen molar-refractivity contribution in [2.24, 2.45) is 0 Å². The Morgan fingerprint density at radius 2 is 2.00 bits per heavy atom. The number of aromatic nitrogens is 2. The average molecular weight is 258 g/mol. The first-order valence-corrected chi connectivity index (χ1v) is 6.67. The summed E-state index contributed by atoms with van der Waals surface area (Å²) in [6, 6.07) is 4.13. The van der Waals surface area contributed by atoms with Crippen LogP contribution >= 0.6 is 0 Å². The summed E-state index contributed by atoms with van der Waals surface area (Å²) in [5.74, 6) is 1.31. The van der Waals surface area contributed by atoms with Crippen molar-refractivity contribution in [3.05, 3.63) is 29.6 Å². The minimum absolute atomic E-state index is 0.513. The molecule has 0 aliphatic carbocycles. The predicted octanol–water partition coefficient (Wildman–Crippen LogP) is 2.84. The maximum absolute atomic E-state index is 5.44. The van der Waals surface area contributed by atoms with Crippen LogP contribution in [0.1, 0.15) is 30.0 Å². The lowest BCUT2D eigenvalue weighted by Gasteiger charge is -2.23. The number of fused-ring (bicyclic) bond motifs is 1. The minimum Gasteiger partial charge on any atom is -0.494 e. The van der Waals surface area contributed by atoms with E-state index in [4.69, 9.17) is 9.47 Å². The SMILES string of the molecule is COc1ccc(C2CCOCC2)c2ncc(C)nc12. The number of benzene rings is 1. The molecule has 1 fully saturated rings. The Morgan fingerprint density at radius 1 is 1.21 bits per heavy atom. The van der Waals surface area contributed by atoms with Crippen LogP contribution in [-0.4, -0.2) is 30.3 Å². The van der Waals surface area contributed by atoms with E-state index in [1.54, 1.807) is 7.11 Å². The summed E-state index contributed by atoms with van der Waals surface area (Å²) in [4.78, 5) is 9.16. The van der Waals surface area contributed by atoms with E-state index >= 15 is 0 Å². The summed E-state index contributed by atoms with van der Waals surface area (Å²) in [6.07, 6.45) is 3.93. The minimum atomic E-state index is 0.513.